The smallest absolute Gasteiger partial charge is 0.408 e. The summed E-state index contributed by atoms with van der Waals surface area (Å²) in [6.45, 7) is 4.90. The molecule has 3 aromatic rings. The Labute approximate surface area is 187 Å². The molecule has 0 saturated carbocycles. The van der Waals surface area contributed by atoms with Crippen LogP contribution in [-0.4, -0.2) is 55.2 Å². The van der Waals surface area contributed by atoms with Crippen molar-refractivity contribution in [3.05, 3.63) is 30.7 Å². The van der Waals surface area contributed by atoms with E-state index in [4.69, 9.17) is 9.47 Å². The molecule has 0 spiro atoms. The molecule has 1 aliphatic rings. The van der Waals surface area contributed by atoms with Gasteiger partial charge in [-0.2, -0.15) is 18.3 Å². The molecule has 0 fully saturated rings. The molecular formula is C21H23F3N6O3. The van der Waals surface area contributed by atoms with E-state index in [1.807, 2.05) is 4.57 Å². The molecule has 176 valence electrons. The number of hydrogen-bond donors (Lipinski definition) is 1. The minimum absolute atomic E-state index is 0.0102. The molecule has 0 amide bonds. The summed E-state index contributed by atoms with van der Waals surface area (Å²) in [4.78, 5) is 20.4. The number of aromatic nitrogens is 5. The van der Waals surface area contributed by atoms with Crippen molar-refractivity contribution in [3.8, 4) is 28.7 Å². The standard InChI is InChI=1S/C21H23F3N6O3/c1-20(2,3)33-17(31)9-25-13-4-5-14-16(8-13)32-7-6-29-10-15(28-18(14)29)19-26-12-27-30(19)11-21(22,23)24/h4-5,8,10,12,25H,6-7,9,11H2,1-3H3. The summed E-state index contributed by atoms with van der Waals surface area (Å²) >= 11 is 0. The maximum absolute atomic E-state index is 12.9. The van der Waals surface area contributed by atoms with E-state index in [0.717, 1.165) is 11.0 Å². The molecular weight excluding hydrogens is 441 g/mol. The predicted molar refractivity (Wildman–Crippen MR) is 113 cm³/mol. The number of imidazole rings is 1. The average molecular weight is 464 g/mol. The van der Waals surface area contributed by atoms with Gasteiger partial charge in [0.15, 0.2) is 5.82 Å². The predicted octanol–water partition coefficient (Wildman–Crippen LogP) is 3.52. The molecule has 1 N–H and O–H groups in total. The number of nitrogens with one attached hydrogen (secondary N) is 1. The average Bonchev–Trinajstić information content (AvgIpc) is 3.27. The van der Waals surface area contributed by atoms with Crippen molar-refractivity contribution in [2.24, 2.45) is 0 Å². The van der Waals surface area contributed by atoms with Gasteiger partial charge in [-0.1, -0.05) is 0 Å². The molecule has 9 nitrogen and oxygen atoms in total. The van der Waals surface area contributed by atoms with E-state index < -0.39 is 18.3 Å². The number of fused-ring (bicyclic) bond motifs is 3. The van der Waals surface area contributed by atoms with Crippen LogP contribution in [0, 0.1) is 0 Å². The third-order valence-electron chi connectivity index (χ3n) is 4.62. The fraction of sp³-hybridized carbons (Fsp3) is 0.429. The molecule has 0 bridgehead atoms. The minimum Gasteiger partial charge on any atom is -0.491 e. The Morgan fingerprint density at radius 1 is 1.24 bits per heavy atom. The van der Waals surface area contributed by atoms with Gasteiger partial charge < -0.3 is 19.4 Å². The number of hydrogen-bond acceptors (Lipinski definition) is 7. The van der Waals surface area contributed by atoms with Crippen molar-refractivity contribution in [1.29, 1.82) is 0 Å². The number of anilines is 1. The van der Waals surface area contributed by atoms with E-state index >= 15 is 0 Å². The topological polar surface area (TPSA) is 96.1 Å². The molecule has 1 aliphatic heterocycles. The summed E-state index contributed by atoms with van der Waals surface area (Å²) < 4.78 is 52.3. The second-order valence-corrected chi connectivity index (χ2v) is 8.50. The van der Waals surface area contributed by atoms with Gasteiger partial charge in [-0.05, 0) is 32.9 Å². The first-order valence-corrected chi connectivity index (χ1v) is 10.2. The van der Waals surface area contributed by atoms with Crippen molar-refractivity contribution in [2.75, 3.05) is 18.5 Å². The second kappa shape index (κ2) is 8.41. The highest BCUT2D eigenvalue weighted by atomic mass is 19.4. The van der Waals surface area contributed by atoms with Gasteiger partial charge in [0, 0.05) is 18.0 Å². The van der Waals surface area contributed by atoms with E-state index in [0.29, 0.717) is 36.0 Å². The number of nitrogens with zero attached hydrogens (tertiary/aromatic N) is 5. The van der Waals surface area contributed by atoms with Gasteiger partial charge in [-0.15, -0.1) is 0 Å². The second-order valence-electron chi connectivity index (χ2n) is 8.50. The van der Waals surface area contributed by atoms with Crippen molar-refractivity contribution in [2.45, 2.75) is 45.6 Å². The fourth-order valence-electron chi connectivity index (χ4n) is 3.40. The van der Waals surface area contributed by atoms with E-state index in [1.165, 1.54) is 0 Å². The number of ether oxygens (including phenoxy) is 2. The molecule has 33 heavy (non-hydrogen) atoms. The summed E-state index contributed by atoms with van der Waals surface area (Å²) in [5.74, 6) is 0.724. The number of esters is 1. The number of halogens is 3. The summed E-state index contributed by atoms with van der Waals surface area (Å²) in [5, 5.41) is 6.69. The Bertz CT molecular complexity index is 1160. The van der Waals surface area contributed by atoms with Crippen LogP contribution in [0.4, 0.5) is 18.9 Å². The first-order valence-electron chi connectivity index (χ1n) is 10.2. The van der Waals surface area contributed by atoms with E-state index in [9.17, 15) is 18.0 Å². The maximum atomic E-state index is 12.9. The monoisotopic (exact) mass is 464 g/mol. The van der Waals surface area contributed by atoms with E-state index in [2.05, 4.69) is 20.4 Å². The molecule has 0 radical (unpaired) electrons. The summed E-state index contributed by atoms with van der Waals surface area (Å²) in [7, 11) is 0. The van der Waals surface area contributed by atoms with Gasteiger partial charge in [0.25, 0.3) is 0 Å². The SMILES string of the molecule is CC(C)(C)OC(=O)CNc1ccc2c(c1)OCCn1cc(-c3ncnn3CC(F)(F)F)nc1-2. The maximum Gasteiger partial charge on any atom is 0.408 e. The minimum atomic E-state index is -4.43. The zero-order valence-corrected chi connectivity index (χ0v) is 18.3. The van der Waals surface area contributed by atoms with Crippen LogP contribution in [0.2, 0.25) is 0 Å². The van der Waals surface area contributed by atoms with Crippen molar-refractivity contribution < 1.29 is 27.4 Å². The molecule has 4 rings (SSSR count). The first kappa shape index (κ1) is 22.6. The molecule has 1 aromatic carbocycles. The van der Waals surface area contributed by atoms with Crippen LogP contribution in [-0.2, 0) is 22.6 Å². The molecule has 2 aromatic heterocycles. The summed E-state index contributed by atoms with van der Waals surface area (Å²) in [5.41, 5.74) is 1.04. The van der Waals surface area contributed by atoms with Gasteiger partial charge >= 0.3 is 12.1 Å². The lowest BCUT2D eigenvalue weighted by molar-refractivity contribution is -0.152. The molecule has 12 heteroatoms. The van der Waals surface area contributed by atoms with Crippen LogP contribution >= 0.6 is 0 Å². The highest BCUT2D eigenvalue weighted by Gasteiger charge is 2.31. The van der Waals surface area contributed by atoms with Crippen molar-refractivity contribution in [1.82, 2.24) is 24.3 Å². The molecule has 0 aliphatic carbocycles. The van der Waals surface area contributed by atoms with Crippen LogP contribution in [0.3, 0.4) is 0 Å². The van der Waals surface area contributed by atoms with Crippen LogP contribution in [0.5, 0.6) is 5.75 Å². The molecule has 0 atom stereocenters. The Morgan fingerprint density at radius 2 is 2.03 bits per heavy atom. The van der Waals surface area contributed by atoms with E-state index in [1.54, 1.807) is 45.2 Å². The number of alkyl halides is 3. The highest BCUT2D eigenvalue weighted by molar-refractivity contribution is 5.77. The number of carbonyl (C=O) groups is 1. The fourth-order valence-corrected chi connectivity index (χ4v) is 3.40. The van der Waals surface area contributed by atoms with Crippen molar-refractivity contribution in [3.63, 3.8) is 0 Å². The summed E-state index contributed by atoms with van der Waals surface area (Å²) in [6, 6.07) is 5.29. The lowest BCUT2D eigenvalue weighted by atomic mass is 10.1. The molecule has 0 unspecified atom stereocenters. The zero-order chi connectivity index (χ0) is 23.8. The lowest BCUT2D eigenvalue weighted by Crippen LogP contribution is -2.28. The van der Waals surface area contributed by atoms with E-state index in [-0.39, 0.29) is 24.0 Å². The Morgan fingerprint density at radius 3 is 2.76 bits per heavy atom. The van der Waals surface area contributed by atoms with Crippen LogP contribution < -0.4 is 10.1 Å². The summed E-state index contributed by atoms with van der Waals surface area (Å²) in [6.07, 6.45) is -1.72. The van der Waals surface area contributed by atoms with Crippen LogP contribution in [0.1, 0.15) is 20.8 Å². The molecule has 3 heterocycles. The van der Waals surface area contributed by atoms with Crippen LogP contribution in [0.25, 0.3) is 22.9 Å². The normalized spacial score (nSPS) is 13.5. The van der Waals surface area contributed by atoms with Gasteiger partial charge in [0.05, 0.1) is 12.1 Å². The van der Waals surface area contributed by atoms with Gasteiger partial charge in [0.2, 0.25) is 0 Å². The third-order valence-corrected chi connectivity index (χ3v) is 4.62. The Kier molecular flexibility index (Phi) is 5.76. The quantitative estimate of drug-likeness (QED) is 0.577. The van der Waals surface area contributed by atoms with Crippen LogP contribution in [0.15, 0.2) is 30.7 Å². The Balaban J connectivity index is 1.57. The first-order chi connectivity index (χ1) is 15.5. The van der Waals surface area contributed by atoms with Gasteiger partial charge in [0.1, 0.15) is 48.9 Å². The van der Waals surface area contributed by atoms with Gasteiger partial charge in [-0.3, -0.25) is 4.79 Å². The highest BCUT2D eigenvalue weighted by Crippen LogP contribution is 2.35. The number of carbonyl (C=O) groups excluding carboxylic acids is 1. The Hall–Kier alpha value is -3.57. The zero-order valence-electron chi connectivity index (χ0n) is 18.3. The number of rotatable bonds is 5. The number of benzene rings is 1. The lowest BCUT2D eigenvalue weighted by Gasteiger charge is -2.20. The van der Waals surface area contributed by atoms with Gasteiger partial charge in [-0.25, -0.2) is 14.6 Å². The molecule has 0 saturated heterocycles. The largest absolute Gasteiger partial charge is 0.491 e. The van der Waals surface area contributed by atoms with Crippen molar-refractivity contribution >= 4 is 11.7 Å². The third kappa shape index (κ3) is 5.44.